The third-order valence-electron chi connectivity index (χ3n) is 7.60. The Bertz CT molecular complexity index is 1530. The van der Waals surface area contributed by atoms with Gasteiger partial charge in [0.2, 0.25) is 5.88 Å². The third-order valence-corrected chi connectivity index (χ3v) is 7.83. The van der Waals surface area contributed by atoms with E-state index in [4.69, 9.17) is 16.3 Å². The number of nitrogens with one attached hydrogen (secondary N) is 2. The number of anilines is 1. The van der Waals surface area contributed by atoms with E-state index in [0.29, 0.717) is 52.6 Å². The first kappa shape index (κ1) is 30.1. The van der Waals surface area contributed by atoms with Crippen molar-refractivity contribution in [2.24, 2.45) is 0 Å². The zero-order valence-corrected chi connectivity index (χ0v) is 24.3. The van der Waals surface area contributed by atoms with Gasteiger partial charge in [-0.25, -0.2) is 9.97 Å². The number of aromatic amines is 1. The average Bonchev–Trinajstić information content (AvgIpc) is 3.40. The fourth-order valence-corrected chi connectivity index (χ4v) is 5.45. The number of aromatic nitrogens is 3. The lowest BCUT2D eigenvalue weighted by Gasteiger charge is -2.36. The third kappa shape index (κ3) is 6.82. The van der Waals surface area contributed by atoms with E-state index in [1.54, 1.807) is 49.3 Å². The van der Waals surface area contributed by atoms with Crippen molar-refractivity contribution < 1.29 is 23.7 Å². The Kier molecular flexibility index (Phi) is 9.24. The largest absolute Gasteiger partial charge is 0.493 e. The van der Waals surface area contributed by atoms with Crippen molar-refractivity contribution in [1.29, 1.82) is 0 Å². The molecular weight excluding hydrogens is 566 g/mol. The van der Waals surface area contributed by atoms with E-state index >= 15 is 8.78 Å². The molecule has 1 aliphatic rings. The fraction of sp³-hybridized carbons (Fsp3) is 0.400. The predicted octanol–water partition coefficient (Wildman–Crippen LogP) is 4.79. The number of alkyl halides is 2. The second-order valence-electron chi connectivity index (χ2n) is 10.6. The van der Waals surface area contributed by atoms with Gasteiger partial charge in [-0.1, -0.05) is 23.7 Å². The SMILES string of the molecule is COCCN1CCN(CC(F)(F)c2cc(C)c3[nH]c(-c4c(NC[C@H](O)c5cccc(Cl)c5)ccnc4O)nc3c2)CC1. The maximum Gasteiger partial charge on any atom is 0.285 e. The Balaban J connectivity index is 1.35. The van der Waals surface area contributed by atoms with Crippen molar-refractivity contribution in [2.75, 3.05) is 64.8 Å². The molecule has 4 N–H and O–H groups in total. The van der Waals surface area contributed by atoms with Crippen molar-refractivity contribution in [3.8, 4) is 17.3 Å². The predicted molar refractivity (Wildman–Crippen MR) is 159 cm³/mol. The summed E-state index contributed by atoms with van der Waals surface area (Å²) in [6.07, 6.45) is 0.555. The molecule has 2 aromatic heterocycles. The number of benzene rings is 2. The highest BCUT2D eigenvalue weighted by Gasteiger charge is 2.36. The van der Waals surface area contributed by atoms with Gasteiger partial charge in [-0.3, -0.25) is 9.80 Å². The standard InChI is InChI=1S/C30H35ClF2N6O3/c1-19-14-21(30(32,33)18-39-10-8-38(9-11-39)12-13-42-2)16-24-27(19)37-28(36-24)26-23(6-7-34-29(26)41)35-17-25(40)20-4-3-5-22(31)15-20/h3-7,14-16,25,40H,8-13,17-18H2,1-2H3,(H,36,37)(H2,34,35,41)/t25-/m0/s1. The average molecular weight is 601 g/mol. The van der Waals surface area contributed by atoms with Crippen LogP contribution in [0.3, 0.4) is 0 Å². The smallest absolute Gasteiger partial charge is 0.285 e. The first-order valence-electron chi connectivity index (χ1n) is 13.8. The van der Waals surface area contributed by atoms with Gasteiger partial charge in [0.05, 0.1) is 36.0 Å². The molecule has 12 heteroatoms. The monoisotopic (exact) mass is 600 g/mol. The number of hydrogen-bond donors (Lipinski definition) is 4. The van der Waals surface area contributed by atoms with Crippen molar-refractivity contribution in [3.05, 3.63) is 70.4 Å². The van der Waals surface area contributed by atoms with Crippen LogP contribution in [0.4, 0.5) is 14.5 Å². The number of hydrogen-bond acceptors (Lipinski definition) is 8. The van der Waals surface area contributed by atoms with Crippen molar-refractivity contribution in [1.82, 2.24) is 24.8 Å². The number of aryl methyl sites for hydroxylation is 1. The van der Waals surface area contributed by atoms with E-state index in [9.17, 15) is 10.2 Å². The van der Waals surface area contributed by atoms with Crippen LogP contribution in [0.5, 0.6) is 5.88 Å². The molecule has 0 amide bonds. The molecule has 4 aromatic rings. The molecular formula is C30H35ClF2N6O3. The van der Waals surface area contributed by atoms with E-state index in [1.807, 2.05) is 0 Å². The molecule has 1 atom stereocenters. The summed E-state index contributed by atoms with van der Waals surface area (Å²) in [4.78, 5) is 15.7. The van der Waals surface area contributed by atoms with Crippen LogP contribution in [0.1, 0.15) is 22.8 Å². The Morgan fingerprint density at radius 1 is 1.14 bits per heavy atom. The number of imidazole rings is 1. The molecule has 1 aliphatic heterocycles. The number of methoxy groups -OCH3 is 1. The van der Waals surface area contributed by atoms with Gasteiger partial charge in [0.15, 0.2) is 0 Å². The second-order valence-corrected chi connectivity index (χ2v) is 11.0. The van der Waals surface area contributed by atoms with Gasteiger partial charge in [0, 0.05) is 63.2 Å². The second kappa shape index (κ2) is 12.9. The number of aliphatic hydroxyl groups excluding tert-OH is 1. The summed E-state index contributed by atoms with van der Waals surface area (Å²) in [5.74, 6) is -3.10. The molecule has 0 saturated carbocycles. The lowest BCUT2D eigenvalue weighted by molar-refractivity contribution is -0.0481. The summed E-state index contributed by atoms with van der Waals surface area (Å²) in [6.45, 7) is 5.49. The summed E-state index contributed by atoms with van der Waals surface area (Å²) in [5, 5.41) is 25.0. The summed E-state index contributed by atoms with van der Waals surface area (Å²) >= 11 is 6.05. The Hall–Kier alpha value is -3.35. The zero-order valence-electron chi connectivity index (χ0n) is 23.6. The van der Waals surface area contributed by atoms with E-state index in [2.05, 4.69) is 25.2 Å². The van der Waals surface area contributed by atoms with Gasteiger partial charge in [0.1, 0.15) is 11.4 Å². The fourth-order valence-electron chi connectivity index (χ4n) is 5.25. The number of fused-ring (bicyclic) bond motifs is 1. The maximum absolute atomic E-state index is 15.5. The molecule has 224 valence electrons. The number of H-pyrrole nitrogens is 1. The number of rotatable bonds is 11. The van der Waals surface area contributed by atoms with Crippen LogP contribution in [0, 0.1) is 6.92 Å². The zero-order chi connectivity index (χ0) is 29.9. The van der Waals surface area contributed by atoms with Crippen LogP contribution in [0.15, 0.2) is 48.7 Å². The molecule has 3 heterocycles. The molecule has 0 unspecified atom stereocenters. The number of aliphatic hydroxyl groups is 1. The Morgan fingerprint density at radius 2 is 1.90 bits per heavy atom. The summed E-state index contributed by atoms with van der Waals surface area (Å²) in [5.41, 5.74) is 2.82. The van der Waals surface area contributed by atoms with Crippen LogP contribution in [-0.2, 0) is 10.7 Å². The van der Waals surface area contributed by atoms with E-state index in [-0.39, 0.29) is 35.9 Å². The van der Waals surface area contributed by atoms with Crippen LogP contribution >= 0.6 is 11.6 Å². The van der Waals surface area contributed by atoms with Gasteiger partial charge in [-0.2, -0.15) is 8.78 Å². The van der Waals surface area contributed by atoms with Crippen LogP contribution in [0.25, 0.3) is 22.4 Å². The number of halogens is 3. The minimum absolute atomic E-state index is 0.106. The van der Waals surface area contributed by atoms with E-state index < -0.39 is 12.0 Å². The molecule has 0 aliphatic carbocycles. The van der Waals surface area contributed by atoms with Gasteiger partial charge in [-0.15, -0.1) is 0 Å². The lowest BCUT2D eigenvalue weighted by Crippen LogP contribution is -2.49. The van der Waals surface area contributed by atoms with Gasteiger partial charge in [0.25, 0.3) is 5.92 Å². The first-order valence-corrected chi connectivity index (χ1v) is 14.2. The van der Waals surface area contributed by atoms with Crippen LogP contribution in [-0.4, -0.2) is 94.5 Å². The lowest BCUT2D eigenvalue weighted by atomic mass is 10.0. The van der Waals surface area contributed by atoms with Crippen molar-refractivity contribution >= 4 is 28.3 Å². The Labute approximate surface area is 248 Å². The minimum atomic E-state index is -3.08. The van der Waals surface area contributed by atoms with Gasteiger partial charge >= 0.3 is 0 Å². The van der Waals surface area contributed by atoms with Crippen molar-refractivity contribution in [2.45, 2.75) is 19.0 Å². The molecule has 9 nitrogen and oxygen atoms in total. The normalized spacial score (nSPS) is 15.8. The molecule has 1 fully saturated rings. The topological polar surface area (TPSA) is 110 Å². The molecule has 42 heavy (non-hydrogen) atoms. The summed E-state index contributed by atoms with van der Waals surface area (Å²) in [6, 6.07) is 11.5. The highest BCUT2D eigenvalue weighted by molar-refractivity contribution is 6.30. The molecule has 0 radical (unpaired) electrons. The number of pyridine rings is 1. The van der Waals surface area contributed by atoms with E-state index in [0.717, 1.165) is 19.6 Å². The number of ether oxygens (including phenoxy) is 1. The van der Waals surface area contributed by atoms with Crippen LogP contribution in [0.2, 0.25) is 5.02 Å². The molecule has 0 bridgehead atoms. The maximum atomic E-state index is 15.5. The van der Waals surface area contributed by atoms with E-state index in [1.165, 1.54) is 18.3 Å². The number of nitrogens with zero attached hydrogens (tertiary/aromatic N) is 4. The minimum Gasteiger partial charge on any atom is -0.493 e. The quantitative estimate of drug-likeness (QED) is 0.195. The molecule has 2 aromatic carbocycles. The van der Waals surface area contributed by atoms with Gasteiger partial charge in [-0.05, 0) is 48.4 Å². The van der Waals surface area contributed by atoms with Crippen molar-refractivity contribution in [3.63, 3.8) is 0 Å². The highest BCUT2D eigenvalue weighted by atomic mass is 35.5. The summed E-state index contributed by atoms with van der Waals surface area (Å²) in [7, 11) is 1.66. The first-order chi connectivity index (χ1) is 20.1. The molecule has 1 saturated heterocycles. The highest BCUT2D eigenvalue weighted by Crippen LogP contribution is 2.37. The van der Waals surface area contributed by atoms with Gasteiger partial charge < -0.3 is 25.3 Å². The number of piperazine rings is 1. The summed E-state index contributed by atoms with van der Waals surface area (Å²) < 4.78 is 36.2. The van der Waals surface area contributed by atoms with Crippen LogP contribution < -0.4 is 5.32 Å². The number of aromatic hydroxyl groups is 1. The Morgan fingerprint density at radius 3 is 2.64 bits per heavy atom. The molecule has 0 spiro atoms. The molecule has 5 rings (SSSR count).